The molecule has 1 aromatic heterocycles. The Labute approximate surface area is 155 Å². The maximum atomic E-state index is 12.8. The molecule has 138 valence electrons. The third-order valence-electron chi connectivity index (χ3n) is 5.60. The molecule has 5 rings (SSSR count). The Kier molecular flexibility index (Phi) is 3.65. The molecule has 1 atom stereocenters. The molecule has 2 N–H and O–H groups in total. The first-order valence-electron chi connectivity index (χ1n) is 9.22. The van der Waals surface area contributed by atoms with Gasteiger partial charge in [0.25, 0.3) is 5.91 Å². The van der Waals surface area contributed by atoms with Crippen LogP contribution in [0.4, 0.5) is 0 Å². The Morgan fingerprint density at radius 1 is 1.15 bits per heavy atom. The number of nitrogens with zero attached hydrogens (tertiary/aromatic N) is 1. The van der Waals surface area contributed by atoms with Crippen molar-refractivity contribution in [2.45, 2.75) is 31.8 Å². The summed E-state index contributed by atoms with van der Waals surface area (Å²) in [6.07, 6.45) is 3.74. The van der Waals surface area contributed by atoms with Gasteiger partial charge >= 0.3 is 0 Å². The topological polar surface area (TPSA) is 91.7 Å². The highest BCUT2D eigenvalue weighted by molar-refractivity contribution is 6.07. The molecule has 4 heterocycles. The molecule has 2 aromatic rings. The highest BCUT2D eigenvalue weighted by atomic mass is 16.3. The van der Waals surface area contributed by atoms with Gasteiger partial charge in [-0.3, -0.25) is 19.7 Å². The molecule has 0 spiro atoms. The lowest BCUT2D eigenvalue weighted by Gasteiger charge is -2.29. The van der Waals surface area contributed by atoms with Crippen LogP contribution >= 0.6 is 0 Å². The minimum Gasteiger partial charge on any atom is -0.451 e. The van der Waals surface area contributed by atoms with Crippen LogP contribution in [-0.2, 0) is 16.1 Å². The molecule has 0 bridgehead atoms. The molecule has 7 heteroatoms. The summed E-state index contributed by atoms with van der Waals surface area (Å²) in [5.41, 5.74) is 3.92. The van der Waals surface area contributed by atoms with Crippen molar-refractivity contribution >= 4 is 34.3 Å². The zero-order valence-corrected chi connectivity index (χ0v) is 14.7. The third-order valence-corrected chi connectivity index (χ3v) is 5.60. The number of amides is 3. The number of piperidine rings is 1. The fraction of sp³-hybridized carbons (Fsp3) is 0.350. The summed E-state index contributed by atoms with van der Waals surface area (Å²) in [6.45, 7) is 2.15. The predicted octanol–water partition coefficient (Wildman–Crippen LogP) is 1.57. The van der Waals surface area contributed by atoms with Gasteiger partial charge in [-0.2, -0.15) is 0 Å². The van der Waals surface area contributed by atoms with E-state index in [9.17, 15) is 14.4 Å². The van der Waals surface area contributed by atoms with Crippen LogP contribution in [-0.4, -0.2) is 41.8 Å². The molecule has 27 heavy (non-hydrogen) atoms. The molecule has 1 saturated heterocycles. The number of rotatable bonds is 2. The normalized spacial score (nSPS) is 22.8. The summed E-state index contributed by atoms with van der Waals surface area (Å²) in [4.78, 5) is 37.8. The highest BCUT2D eigenvalue weighted by Gasteiger charge is 2.42. The predicted molar refractivity (Wildman–Crippen MR) is 97.7 cm³/mol. The maximum Gasteiger partial charge on any atom is 0.290 e. The van der Waals surface area contributed by atoms with Crippen molar-refractivity contribution < 1.29 is 18.8 Å². The number of hydrogen-bond acceptors (Lipinski definition) is 5. The molecule has 1 aromatic carbocycles. The van der Waals surface area contributed by atoms with Crippen LogP contribution in [0.2, 0.25) is 0 Å². The highest BCUT2D eigenvalue weighted by Crippen LogP contribution is 2.36. The molecule has 0 saturated carbocycles. The Hall–Kier alpha value is -2.93. The third kappa shape index (κ3) is 2.57. The Morgan fingerprint density at radius 3 is 2.81 bits per heavy atom. The summed E-state index contributed by atoms with van der Waals surface area (Å²) >= 11 is 0. The van der Waals surface area contributed by atoms with Gasteiger partial charge in [-0.15, -0.1) is 0 Å². The van der Waals surface area contributed by atoms with E-state index in [1.54, 1.807) is 0 Å². The number of nitrogens with one attached hydrogen (secondary N) is 2. The van der Waals surface area contributed by atoms with E-state index in [2.05, 4.69) is 22.8 Å². The lowest BCUT2D eigenvalue weighted by molar-refractivity contribution is -0.136. The molecule has 3 aliphatic rings. The van der Waals surface area contributed by atoms with Gasteiger partial charge in [-0.25, -0.2) is 0 Å². The number of furan rings is 1. The van der Waals surface area contributed by atoms with Crippen molar-refractivity contribution in [1.82, 2.24) is 15.5 Å². The average Bonchev–Trinajstić information content (AvgIpc) is 3.19. The van der Waals surface area contributed by atoms with Crippen LogP contribution < -0.4 is 10.6 Å². The first-order valence-corrected chi connectivity index (χ1v) is 9.22. The second-order valence-corrected chi connectivity index (χ2v) is 7.20. The smallest absolute Gasteiger partial charge is 0.290 e. The lowest BCUT2D eigenvalue weighted by Crippen LogP contribution is -2.52. The SMILES string of the molecule is O=C1CCC(N2Cc3c(oc4cc(C5=CCNCC5)ccc34)C2=O)C(=O)N1. The van der Waals surface area contributed by atoms with Gasteiger partial charge in [-0.05, 0) is 36.6 Å². The summed E-state index contributed by atoms with van der Waals surface area (Å²) in [7, 11) is 0. The van der Waals surface area contributed by atoms with Crippen LogP contribution in [0.25, 0.3) is 16.5 Å². The van der Waals surface area contributed by atoms with Crippen LogP contribution in [0.5, 0.6) is 0 Å². The lowest BCUT2D eigenvalue weighted by atomic mass is 9.99. The Bertz CT molecular complexity index is 1020. The second-order valence-electron chi connectivity index (χ2n) is 7.20. The Balaban J connectivity index is 1.46. The van der Waals surface area contributed by atoms with E-state index >= 15 is 0 Å². The Morgan fingerprint density at radius 2 is 2.04 bits per heavy atom. The summed E-state index contributed by atoms with van der Waals surface area (Å²) in [6, 6.07) is 5.44. The minimum absolute atomic E-state index is 0.246. The van der Waals surface area contributed by atoms with E-state index in [4.69, 9.17) is 4.42 Å². The summed E-state index contributed by atoms with van der Waals surface area (Å²) < 4.78 is 5.90. The van der Waals surface area contributed by atoms with Gasteiger partial charge in [0.15, 0.2) is 5.76 Å². The minimum atomic E-state index is -0.619. The first kappa shape index (κ1) is 16.3. The van der Waals surface area contributed by atoms with E-state index in [1.165, 1.54) is 10.5 Å². The maximum absolute atomic E-state index is 12.8. The van der Waals surface area contributed by atoms with Crippen molar-refractivity contribution in [1.29, 1.82) is 0 Å². The van der Waals surface area contributed by atoms with Gasteiger partial charge < -0.3 is 14.6 Å². The largest absolute Gasteiger partial charge is 0.451 e. The zero-order valence-electron chi connectivity index (χ0n) is 14.7. The van der Waals surface area contributed by atoms with E-state index in [1.807, 2.05) is 12.1 Å². The fourth-order valence-electron chi connectivity index (χ4n) is 4.17. The van der Waals surface area contributed by atoms with E-state index in [-0.39, 0.29) is 18.2 Å². The number of benzene rings is 1. The number of fused-ring (bicyclic) bond motifs is 3. The number of carbonyl (C=O) groups is 3. The first-order chi connectivity index (χ1) is 13.1. The van der Waals surface area contributed by atoms with Crippen LogP contribution in [0.1, 0.15) is 40.9 Å². The van der Waals surface area contributed by atoms with Gasteiger partial charge in [-0.1, -0.05) is 18.2 Å². The second kappa shape index (κ2) is 6.06. The number of carbonyl (C=O) groups excluding carboxylic acids is 3. The molecule has 7 nitrogen and oxygen atoms in total. The zero-order chi connectivity index (χ0) is 18.5. The van der Waals surface area contributed by atoms with E-state index < -0.39 is 11.9 Å². The van der Waals surface area contributed by atoms with Crippen LogP contribution in [0.3, 0.4) is 0 Å². The van der Waals surface area contributed by atoms with Crippen LogP contribution in [0.15, 0.2) is 28.7 Å². The molecular weight excluding hydrogens is 346 g/mol. The number of imide groups is 1. The quantitative estimate of drug-likeness (QED) is 0.789. The van der Waals surface area contributed by atoms with Crippen molar-refractivity contribution in [2.75, 3.05) is 13.1 Å². The van der Waals surface area contributed by atoms with Gasteiger partial charge in [0.1, 0.15) is 11.6 Å². The van der Waals surface area contributed by atoms with Crippen molar-refractivity contribution in [3.8, 4) is 0 Å². The van der Waals surface area contributed by atoms with E-state index in [0.717, 1.165) is 36.0 Å². The van der Waals surface area contributed by atoms with Crippen molar-refractivity contribution in [2.24, 2.45) is 0 Å². The number of hydrogen-bond donors (Lipinski definition) is 2. The molecule has 0 aliphatic carbocycles. The van der Waals surface area contributed by atoms with Gasteiger partial charge in [0, 0.05) is 23.9 Å². The fourth-order valence-corrected chi connectivity index (χ4v) is 4.17. The summed E-state index contributed by atoms with van der Waals surface area (Å²) in [5.74, 6) is -0.664. The average molecular weight is 365 g/mol. The van der Waals surface area contributed by atoms with Crippen LogP contribution in [0, 0.1) is 0 Å². The molecular formula is C20H19N3O4. The molecule has 1 fully saturated rings. The monoisotopic (exact) mass is 365 g/mol. The van der Waals surface area contributed by atoms with Gasteiger partial charge in [0.05, 0.1) is 6.54 Å². The molecule has 1 unspecified atom stereocenters. The van der Waals surface area contributed by atoms with Crippen molar-refractivity contribution in [3.63, 3.8) is 0 Å². The molecule has 3 amide bonds. The molecule has 0 radical (unpaired) electrons. The van der Waals surface area contributed by atoms with E-state index in [0.29, 0.717) is 24.3 Å². The molecule has 3 aliphatic heterocycles. The standard InChI is InChI=1S/C20H19N3O4/c24-17-4-3-15(19(25)22-17)23-10-14-13-2-1-12(11-5-7-21-8-6-11)9-16(13)27-18(14)20(23)26/h1-2,5,9,15,21H,3-4,6-8,10H2,(H,22,24,25). The van der Waals surface area contributed by atoms with Crippen molar-refractivity contribution in [3.05, 3.63) is 41.2 Å². The van der Waals surface area contributed by atoms with Gasteiger partial charge in [0.2, 0.25) is 11.8 Å². The summed E-state index contributed by atoms with van der Waals surface area (Å²) in [5, 5.41) is 6.52.